The third-order valence-electron chi connectivity index (χ3n) is 4.68. The first-order valence-corrected chi connectivity index (χ1v) is 8.77. The Morgan fingerprint density at radius 3 is 2.89 bits per heavy atom. The van der Waals surface area contributed by atoms with Gasteiger partial charge in [-0.1, -0.05) is 0 Å². The summed E-state index contributed by atoms with van der Waals surface area (Å²) in [6.45, 7) is 4.03. The van der Waals surface area contributed by atoms with Gasteiger partial charge in [-0.3, -0.25) is 4.79 Å². The van der Waals surface area contributed by atoms with Gasteiger partial charge in [0, 0.05) is 19.2 Å². The van der Waals surface area contributed by atoms with E-state index in [9.17, 15) is 9.90 Å². The van der Waals surface area contributed by atoms with Crippen molar-refractivity contribution in [1.82, 2.24) is 20.1 Å². The van der Waals surface area contributed by atoms with Crippen molar-refractivity contribution < 1.29 is 19.1 Å². The lowest BCUT2D eigenvalue weighted by Crippen LogP contribution is -2.28. The van der Waals surface area contributed by atoms with Gasteiger partial charge >= 0.3 is 0 Å². The molecule has 3 aromatic rings. The standard InChI is InChI=1S/C19H24N4O4/c1-11-13(12(2)21-18-17(11)19(26-4)22-23(18)3)7-8-16(25)20-10-14(24)15-6-5-9-27-15/h5-6,9,14,24H,7-8,10H2,1-4H3,(H,20,25). The molecular weight excluding hydrogens is 348 g/mol. The quantitative estimate of drug-likeness (QED) is 0.657. The minimum Gasteiger partial charge on any atom is -0.479 e. The number of ether oxygens (including phenoxy) is 1. The summed E-state index contributed by atoms with van der Waals surface area (Å²) < 4.78 is 12.2. The van der Waals surface area contributed by atoms with Gasteiger partial charge in [0.05, 0.1) is 25.3 Å². The average Bonchev–Trinajstić information content (AvgIpc) is 3.28. The number of fused-ring (bicyclic) bond motifs is 1. The van der Waals surface area contributed by atoms with E-state index >= 15 is 0 Å². The average molecular weight is 372 g/mol. The molecule has 27 heavy (non-hydrogen) atoms. The maximum atomic E-state index is 12.2. The van der Waals surface area contributed by atoms with Crippen LogP contribution in [0.5, 0.6) is 5.88 Å². The molecule has 1 unspecified atom stereocenters. The van der Waals surface area contributed by atoms with Crippen molar-refractivity contribution in [2.75, 3.05) is 13.7 Å². The SMILES string of the molecule is COc1nn(C)c2nc(C)c(CCC(=O)NCC(O)c3ccco3)c(C)c12. The summed E-state index contributed by atoms with van der Waals surface area (Å²) in [6, 6.07) is 3.37. The van der Waals surface area contributed by atoms with E-state index < -0.39 is 6.10 Å². The summed E-state index contributed by atoms with van der Waals surface area (Å²) in [7, 11) is 3.41. The normalized spacial score (nSPS) is 12.3. The number of amides is 1. The molecule has 0 fully saturated rings. The number of pyridine rings is 1. The Bertz CT molecular complexity index is 947. The van der Waals surface area contributed by atoms with Gasteiger partial charge in [-0.2, -0.15) is 0 Å². The fourth-order valence-corrected chi connectivity index (χ4v) is 3.23. The van der Waals surface area contributed by atoms with Crippen molar-refractivity contribution in [1.29, 1.82) is 0 Å². The van der Waals surface area contributed by atoms with Crippen LogP contribution in [-0.2, 0) is 18.3 Å². The molecule has 0 aliphatic carbocycles. The van der Waals surface area contributed by atoms with Crippen molar-refractivity contribution >= 4 is 16.9 Å². The molecule has 0 bridgehead atoms. The Morgan fingerprint density at radius 1 is 1.44 bits per heavy atom. The first-order chi connectivity index (χ1) is 12.9. The molecular formula is C19H24N4O4. The number of aromatic nitrogens is 3. The van der Waals surface area contributed by atoms with Crippen LogP contribution >= 0.6 is 0 Å². The highest BCUT2D eigenvalue weighted by molar-refractivity contribution is 5.86. The molecule has 8 heteroatoms. The molecule has 3 aromatic heterocycles. The lowest BCUT2D eigenvalue weighted by atomic mass is 10.00. The van der Waals surface area contributed by atoms with Crippen molar-refractivity contribution in [3.8, 4) is 5.88 Å². The fraction of sp³-hybridized carbons (Fsp3) is 0.421. The van der Waals surface area contributed by atoms with Gasteiger partial charge < -0.3 is 19.6 Å². The summed E-state index contributed by atoms with van der Waals surface area (Å²) in [5, 5.41) is 17.9. The lowest BCUT2D eigenvalue weighted by Gasteiger charge is -2.12. The Balaban J connectivity index is 1.68. The molecule has 144 valence electrons. The van der Waals surface area contributed by atoms with Crippen LogP contribution in [-0.4, -0.2) is 39.4 Å². The summed E-state index contributed by atoms with van der Waals surface area (Å²) in [5.74, 6) is 0.822. The van der Waals surface area contributed by atoms with Crippen LogP contribution in [0.2, 0.25) is 0 Å². The number of aryl methyl sites for hydroxylation is 3. The number of aliphatic hydroxyl groups excluding tert-OH is 1. The second-order valence-corrected chi connectivity index (χ2v) is 6.47. The van der Waals surface area contributed by atoms with Crippen molar-refractivity contribution in [3.63, 3.8) is 0 Å². The predicted molar refractivity (Wildman–Crippen MR) is 99.5 cm³/mol. The van der Waals surface area contributed by atoms with Crippen LogP contribution in [0.3, 0.4) is 0 Å². The maximum Gasteiger partial charge on any atom is 0.242 e. The van der Waals surface area contributed by atoms with Gasteiger partial charge in [0.2, 0.25) is 11.8 Å². The third kappa shape index (κ3) is 3.80. The van der Waals surface area contributed by atoms with E-state index in [1.807, 2.05) is 20.9 Å². The monoisotopic (exact) mass is 372 g/mol. The number of rotatable bonds is 7. The van der Waals surface area contributed by atoms with E-state index in [4.69, 9.17) is 9.15 Å². The van der Waals surface area contributed by atoms with Crippen LogP contribution < -0.4 is 10.1 Å². The summed E-state index contributed by atoms with van der Waals surface area (Å²) >= 11 is 0. The predicted octanol–water partition coefficient (Wildman–Crippen LogP) is 1.97. The van der Waals surface area contributed by atoms with Gasteiger partial charge in [-0.15, -0.1) is 5.10 Å². The van der Waals surface area contributed by atoms with Gasteiger partial charge in [0.25, 0.3) is 0 Å². The van der Waals surface area contributed by atoms with Crippen LogP contribution in [0.15, 0.2) is 22.8 Å². The van der Waals surface area contributed by atoms with E-state index in [-0.39, 0.29) is 12.5 Å². The fourth-order valence-electron chi connectivity index (χ4n) is 3.23. The second-order valence-electron chi connectivity index (χ2n) is 6.47. The molecule has 0 aliphatic rings. The lowest BCUT2D eigenvalue weighted by molar-refractivity contribution is -0.121. The van der Waals surface area contributed by atoms with Crippen LogP contribution in [0.25, 0.3) is 11.0 Å². The van der Waals surface area contributed by atoms with Crippen LogP contribution in [0.4, 0.5) is 0 Å². The van der Waals surface area contributed by atoms with Crippen LogP contribution in [0.1, 0.15) is 35.1 Å². The summed E-state index contributed by atoms with van der Waals surface area (Å²) in [5.41, 5.74) is 3.66. The number of carbonyl (C=O) groups excluding carboxylic acids is 1. The maximum absolute atomic E-state index is 12.2. The zero-order valence-electron chi connectivity index (χ0n) is 15.9. The summed E-state index contributed by atoms with van der Waals surface area (Å²) in [6.07, 6.45) is 1.47. The Labute approximate surface area is 157 Å². The minimum absolute atomic E-state index is 0.109. The molecule has 0 radical (unpaired) electrons. The summed E-state index contributed by atoms with van der Waals surface area (Å²) in [4.78, 5) is 16.8. The molecule has 1 atom stereocenters. The van der Waals surface area contributed by atoms with E-state index in [2.05, 4.69) is 15.4 Å². The molecule has 0 saturated heterocycles. The number of furan rings is 1. The molecule has 0 saturated carbocycles. The molecule has 8 nitrogen and oxygen atoms in total. The Kier molecular flexibility index (Phi) is 5.46. The van der Waals surface area contributed by atoms with E-state index in [1.165, 1.54) is 6.26 Å². The zero-order valence-corrected chi connectivity index (χ0v) is 15.9. The highest BCUT2D eigenvalue weighted by atomic mass is 16.5. The van der Waals surface area contributed by atoms with Gasteiger partial charge in [0.1, 0.15) is 11.9 Å². The number of carbonyl (C=O) groups is 1. The number of nitrogens with zero attached hydrogens (tertiary/aromatic N) is 3. The Morgan fingerprint density at radius 2 is 2.22 bits per heavy atom. The van der Waals surface area contributed by atoms with E-state index in [1.54, 1.807) is 23.9 Å². The molecule has 1 amide bonds. The zero-order chi connectivity index (χ0) is 19.6. The third-order valence-corrected chi connectivity index (χ3v) is 4.68. The molecule has 3 rings (SSSR count). The van der Waals surface area contributed by atoms with Crippen LogP contribution in [0, 0.1) is 13.8 Å². The van der Waals surface area contributed by atoms with Gasteiger partial charge in [0.15, 0.2) is 5.65 Å². The number of methoxy groups -OCH3 is 1. The van der Waals surface area contributed by atoms with E-state index in [0.29, 0.717) is 24.5 Å². The number of aliphatic hydroxyl groups is 1. The van der Waals surface area contributed by atoms with Crippen molar-refractivity contribution in [3.05, 3.63) is 41.0 Å². The van der Waals surface area contributed by atoms with E-state index in [0.717, 1.165) is 27.9 Å². The van der Waals surface area contributed by atoms with Crippen molar-refractivity contribution in [2.24, 2.45) is 7.05 Å². The molecule has 0 spiro atoms. The van der Waals surface area contributed by atoms with Crippen molar-refractivity contribution in [2.45, 2.75) is 32.8 Å². The molecule has 3 heterocycles. The largest absolute Gasteiger partial charge is 0.479 e. The Hall–Kier alpha value is -2.87. The first-order valence-electron chi connectivity index (χ1n) is 8.77. The molecule has 2 N–H and O–H groups in total. The number of hydrogen-bond donors (Lipinski definition) is 2. The topological polar surface area (TPSA) is 102 Å². The first kappa shape index (κ1) is 18.9. The highest BCUT2D eigenvalue weighted by Gasteiger charge is 2.19. The number of hydrogen-bond acceptors (Lipinski definition) is 6. The second kappa shape index (κ2) is 7.79. The van der Waals surface area contributed by atoms with Gasteiger partial charge in [-0.05, 0) is 43.5 Å². The van der Waals surface area contributed by atoms with Gasteiger partial charge in [-0.25, -0.2) is 9.67 Å². The number of nitrogens with one attached hydrogen (secondary N) is 1. The molecule has 0 aliphatic heterocycles. The highest BCUT2D eigenvalue weighted by Crippen LogP contribution is 2.30. The minimum atomic E-state index is -0.856. The molecule has 0 aromatic carbocycles. The smallest absolute Gasteiger partial charge is 0.242 e.